The van der Waals surface area contributed by atoms with Crippen LogP contribution < -0.4 is 21.3 Å². The number of imidazole rings is 1. The molecular weight excluding hydrogens is 566 g/mol. The molecule has 16 heteroatoms. The molecule has 1 fully saturated rings. The number of rotatable bonds is 6. The zero-order chi connectivity index (χ0) is 31.7. The molecule has 1 aliphatic heterocycles. The Bertz CT molecular complexity index is 1350. The number of carboxylic acids is 2. The average molecular weight is 600 g/mol. The molecule has 1 aliphatic rings. The van der Waals surface area contributed by atoms with Gasteiger partial charge < -0.3 is 41.4 Å². The molecule has 2 heterocycles. The summed E-state index contributed by atoms with van der Waals surface area (Å²) < 4.78 is 0. The molecule has 0 aliphatic carbocycles. The molecule has 16 nitrogen and oxygen atoms in total. The number of benzene rings is 1. The van der Waals surface area contributed by atoms with E-state index >= 15 is 0 Å². The number of aromatic amines is 1. The van der Waals surface area contributed by atoms with E-state index in [-0.39, 0.29) is 12.8 Å². The maximum atomic E-state index is 13.8. The van der Waals surface area contributed by atoms with Crippen molar-refractivity contribution in [1.29, 1.82) is 0 Å². The summed E-state index contributed by atoms with van der Waals surface area (Å²) in [6.07, 6.45) is 1.05. The molecule has 3 rings (SSSR count). The molecule has 230 valence electrons. The molecular formula is C27H33N7O9. The highest BCUT2D eigenvalue weighted by Gasteiger charge is 2.36. The fraction of sp³-hybridized carbons (Fsp3) is 0.407. The largest absolute Gasteiger partial charge is 0.480 e. The monoisotopic (exact) mass is 599 g/mol. The van der Waals surface area contributed by atoms with Crippen LogP contribution in [0.5, 0.6) is 0 Å². The van der Waals surface area contributed by atoms with Crippen LogP contribution in [0.2, 0.25) is 0 Å². The zero-order valence-corrected chi connectivity index (χ0v) is 23.4. The number of likely N-dealkylation sites (N-methyl/N-ethyl adjacent to an activating group) is 1. The van der Waals surface area contributed by atoms with Crippen LogP contribution in [0.3, 0.4) is 0 Å². The van der Waals surface area contributed by atoms with Gasteiger partial charge >= 0.3 is 11.9 Å². The molecule has 0 bridgehead atoms. The topological polar surface area (TPSA) is 240 Å². The van der Waals surface area contributed by atoms with Crippen LogP contribution >= 0.6 is 0 Å². The van der Waals surface area contributed by atoms with Crippen molar-refractivity contribution in [2.45, 2.75) is 62.8 Å². The van der Waals surface area contributed by atoms with E-state index in [0.717, 1.165) is 4.90 Å². The van der Waals surface area contributed by atoms with Crippen molar-refractivity contribution in [1.82, 2.24) is 36.1 Å². The summed E-state index contributed by atoms with van der Waals surface area (Å²) >= 11 is 0. The molecule has 1 aromatic heterocycles. The Balaban J connectivity index is 2.03. The van der Waals surface area contributed by atoms with E-state index in [1.165, 1.54) is 26.5 Å². The summed E-state index contributed by atoms with van der Waals surface area (Å²) in [5.41, 5.74) is 1.10. The van der Waals surface area contributed by atoms with E-state index in [0.29, 0.717) is 11.3 Å². The summed E-state index contributed by atoms with van der Waals surface area (Å²) in [6, 6.07) is 1.26. The number of nitrogens with zero attached hydrogens (tertiary/aromatic N) is 2. The summed E-state index contributed by atoms with van der Waals surface area (Å²) in [6.45, 7) is 1.32. The second-order valence-electron chi connectivity index (χ2n) is 10.1. The van der Waals surface area contributed by atoms with Gasteiger partial charge in [0.2, 0.25) is 29.5 Å². The molecule has 0 saturated carbocycles. The van der Waals surface area contributed by atoms with Crippen molar-refractivity contribution < 1.29 is 43.8 Å². The van der Waals surface area contributed by atoms with Crippen LogP contribution in [0.1, 0.15) is 31.0 Å². The highest BCUT2D eigenvalue weighted by Crippen LogP contribution is 2.13. The molecule has 0 spiro atoms. The van der Waals surface area contributed by atoms with Crippen molar-refractivity contribution in [2.75, 3.05) is 7.05 Å². The molecule has 1 aromatic carbocycles. The van der Waals surface area contributed by atoms with Gasteiger partial charge in [-0.3, -0.25) is 24.0 Å². The van der Waals surface area contributed by atoms with Crippen LogP contribution in [0.4, 0.5) is 0 Å². The second kappa shape index (κ2) is 14.6. The Morgan fingerprint density at radius 3 is 2.05 bits per heavy atom. The SMILES string of the molecule is C[C@H]1NC(=O)C[C@@H](C(=O)O)NC(=O)CC(C(=O)O)NC(=O)[C@H](Cc2ccccc2)N(C)C(=O)C(Cc2cnc[nH]2)NC1=O. The molecule has 7 N–H and O–H groups in total. The number of aliphatic carboxylic acids is 2. The fourth-order valence-electron chi connectivity index (χ4n) is 4.41. The first-order chi connectivity index (χ1) is 20.3. The first-order valence-corrected chi connectivity index (χ1v) is 13.3. The summed E-state index contributed by atoms with van der Waals surface area (Å²) in [4.78, 5) is 97.1. The minimum atomic E-state index is -1.80. The number of amides is 5. The highest BCUT2D eigenvalue weighted by molar-refractivity contribution is 5.97. The van der Waals surface area contributed by atoms with Gasteiger partial charge in [-0.1, -0.05) is 30.3 Å². The lowest BCUT2D eigenvalue weighted by Gasteiger charge is -2.32. The van der Waals surface area contributed by atoms with Gasteiger partial charge in [0.1, 0.15) is 30.2 Å². The van der Waals surface area contributed by atoms with E-state index in [9.17, 15) is 43.8 Å². The Morgan fingerprint density at radius 2 is 1.47 bits per heavy atom. The van der Waals surface area contributed by atoms with Gasteiger partial charge in [0, 0.05) is 31.8 Å². The number of aromatic nitrogens is 2. The quantitative estimate of drug-likeness (QED) is 0.192. The molecule has 1 saturated heterocycles. The van der Waals surface area contributed by atoms with Gasteiger partial charge in [-0.15, -0.1) is 0 Å². The third-order valence-corrected chi connectivity index (χ3v) is 6.78. The maximum Gasteiger partial charge on any atom is 0.326 e. The van der Waals surface area contributed by atoms with Crippen LogP contribution in [0, 0.1) is 0 Å². The Kier molecular flexibility index (Phi) is 10.9. The van der Waals surface area contributed by atoms with Crippen molar-refractivity contribution in [2.24, 2.45) is 0 Å². The number of carbonyl (C=O) groups excluding carboxylic acids is 5. The van der Waals surface area contributed by atoms with Crippen LogP contribution in [-0.2, 0) is 46.4 Å². The number of H-pyrrole nitrogens is 1. The molecule has 0 radical (unpaired) electrons. The minimum Gasteiger partial charge on any atom is -0.480 e. The lowest BCUT2D eigenvalue weighted by Crippen LogP contribution is -2.59. The van der Waals surface area contributed by atoms with E-state index in [4.69, 9.17) is 0 Å². The van der Waals surface area contributed by atoms with E-state index < -0.39 is 84.5 Å². The molecule has 43 heavy (non-hydrogen) atoms. The van der Waals surface area contributed by atoms with Crippen molar-refractivity contribution in [3.05, 3.63) is 54.1 Å². The lowest BCUT2D eigenvalue weighted by molar-refractivity contribution is -0.147. The fourth-order valence-corrected chi connectivity index (χ4v) is 4.41. The van der Waals surface area contributed by atoms with Crippen molar-refractivity contribution >= 4 is 41.5 Å². The van der Waals surface area contributed by atoms with Gasteiger partial charge in [0.05, 0.1) is 19.2 Å². The van der Waals surface area contributed by atoms with E-state index in [1.807, 2.05) is 0 Å². The number of carbonyl (C=O) groups is 7. The van der Waals surface area contributed by atoms with E-state index in [2.05, 4.69) is 31.2 Å². The second-order valence-corrected chi connectivity index (χ2v) is 10.1. The Hall–Kier alpha value is -5.28. The summed E-state index contributed by atoms with van der Waals surface area (Å²) in [5, 5.41) is 28.5. The highest BCUT2D eigenvalue weighted by atomic mass is 16.4. The van der Waals surface area contributed by atoms with E-state index in [1.54, 1.807) is 30.3 Å². The van der Waals surface area contributed by atoms with Gasteiger partial charge in [-0.2, -0.15) is 0 Å². The Morgan fingerprint density at radius 1 is 0.860 bits per heavy atom. The van der Waals surface area contributed by atoms with Crippen LogP contribution in [0.25, 0.3) is 0 Å². The summed E-state index contributed by atoms with van der Waals surface area (Å²) in [5.74, 6) is -7.53. The molecule has 5 atom stereocenters. The molecule has 5 amide bonds. The lowest BCUT2D eigenvalue weighted by atomic mass is 10.0. The zero-order valence-electron chi connectivity index (χ0n) is 23.4. The van der Waals surface area contributed by atoms with Gasteiger partial charge in [-0.05, 0) is 12.5 Å². The average Bonchev–Trinajstić information content (AvgIpc) is 3.47. The third kappa shape index (κ3) is 9.11. The number of hydrogen-bond donors (Lipinski definition) is 7. The van der Waals surface area contributed by atoms with Gasteiger partial charge in [0.25, 0.3) is 0 Å². The predicted molar refractivity (Wildman–Crippen MR) is 147 cm³/mol. The maximum absolute atomic E-state index is 13.8. The first-order valence-electron chi connectivity index (χ1n) is 13.3. The Labute approximate surface area is 245 Å². The first kappa shape index (κ1) is 32.2. The van der Waals surface area contributed by atoms with Gasteiger partial charge in [0.15, 0.2) is 0 Å². The normalized spacial score (nSPS) is 24.7. The smallest absolute Gasteiger partial charge is 0.326 e. The molecule has 2 aromatic rings. The standard InChI is InChI=1S/C27H33N7O9/c1-14-23(37)32-17(9-16-12-28-13-29-16)25(39)34(2)20(8-15-6-4-3-5-7-15)24(38)33-19(27(42)43)11-22(36)31-18(26(40)41)10-21(35)30-14/h3-7,12-14,17-20H,8-11H2,1-2H3,(H,28,29)(H,30,35)(H,31,36)(H,32,37)(H,33,38)(H,40,41)(H,42,43)/t14-,17?,18+,19?,20+/m1/s1. The number of hydrogen-bond acceptors (Lipinski definition) is 8. The van der Waals surface area contributed by atoms with Crippen molar-refractivity contribution in [3.63, 3.8) is 0 Å². The number of nitrogens with one attached hydrogen (secondary N) is 5. The third-order valence-electron chi connectivity index (χ3n) is 6.78. The van der Waals surface area contributed by atoms with Crippen LogP contribution in [-0.4, -0.2) is 104 Å². The molecule has 2 unspecified atom stereocenters. The van der Waals surface area contributed by atoms with Crippen LogP contribution in [0.15, 0.2) is 42.9 Å². The minimum absolute atomic E-state index is 0.0499. The predicted octanol–water partition coefficient (Wildman–Crippen LogP) is -2.06. The van der Waals surface area contributed by atoms with Crippen molar-refractivity contribution in [3.8, 4) is 0 Å². The summed E-state index contributed by atoms with van der Waals surface area (Å²) in [7, 11) is 1.32. The van der Waals surface area contributed by atoms with Gasteiger partial charge in [-0.25, -0.2) is 14.6 Å². The number of carboxylic acid groups (broad SMARTS) is 2.